The van der Waals surface area contributed by atoms with Crippen LogP contribution in [0.25, 0.3) is 0 Å². The molecular weight excluding hydrogens is 519 g/mol. The van der Waals surface area contributed by atoms with Gasteiger partial charge in [0.15, 0.2) is 9.84 Å². The van der Waals surface area contributed by atoms with Gasteiger partial charge in [0.05, 0.1) is 32.1 Å². The van der Waals surface area contributed by atoms with Crippen LogP contribution in [0.1, 0.15) is 21.6 Å². The van der Waals surface area contributed by atoms with Crippen molar-refractivity contribution in [1.29, 1.82) is 5.26 Å². The molecule has 0 atom stereocenters. The van der Waals surface area contributed by atoms with Crippen LogP contribution in [-0.4, -0.2) is 30.5 Å². The van der Waals surface area contributed by atoms with E-state index in [0.717, 1.165) is 35.6 Å². The van der Waals surface area contributed by atoms with Gasteiger partial charge in [-0.05, 0) is 57.9 Å². The Bertz CT molecular complexity index is 1410. The molecule has 0 unspecified atom stereocenters. The lowest BCUT2D eigenvalue weighted by atomic mass is 10.1. The molecule has 3 rings (SSSR count). The highest BCUT2D eigenvalue weighted by Gasteiger charge is 2.26. The third kappa shape index (κ3) is 5.39. The number of aromatic nitrogens is 1. The van der Waals surface area contributed by atoms with Crippen molar-refractivity contribution < 1.29 is 22.5 Å². The SMILES string of the molecule is CS(=O)(=O)c1cc(F)ccc1N(Cc1ccc(Br)c([N+](=O)[O-])c1)C(=O)c1ccc(C#N)nc1. The van der Waals surface area contributed by atoms with Crippen LogP contribution in [0.15, 0.2) is 64.1 Å². The summed E-state index contributed by atoms with van der Waals surface area (Å²) in [6.07, 6.45) is 2.03. The predicted molar refractivity (Wildman–Crippen MR) is 120 cm³/mol. The summed E-state index contributed by atoms with van der Waals surface area (Å²) < 4.78 is 38.8. The van der Waals surface area contributed by atoms with Crippen LogP contribution in [0.4, 0.5) is 15.8 Å². The summed E-state index contributed by atoms with van der Waals surface area (Å²) in [5.74, 6) is -1.51. The summed E-state index contributed by atoms with van der Waals surface area (Å²) >= 11 is 3.09. The number of carbonyl (C=O) groups is 1. The first-order valence-electron chi connectivity index (χ1n) is 9.11. The van der Waals surface area contributed by atoms with Crippen LogP contribution in [-0.2, 0) is 16.4 Å². The van der Waals surface area contributed by atoms with Crippen molar-refractivity contribution in [3.05, 3.63) is 92.0 Å². The molecule has 0 N–H and O–H groups in total. The Morgan fingerprint density at radius 3 is 2.55 bits per heavy atom. The van der Waals surface area contributed by atoms with Crippen LogP contribution in [0.5, 0.6) is 0 Å². The normalized spacial score (nSPS) is 11.0. The van der Waals surface area contributed by atoms with Crippen molar-refractivity contribution in [3.63, 3.8) is 0 Å². The Morgan fingerprint density at radius 1 is 1.24 bits per heavy atom. The molecule has 0 aliphatic heterocycles. The molecule has 12 heteroatoms. The first-order chi connectivity index (χ1) is 15.5. The van der Waals surface area contributed by atoms with E-state index in [-0.39, 0.29) is 33.6 Å². The molecular formula is C21H14BrFN4O5S. The molecule has 168 valence electrons. The number of benzene rings is 2. The van der Waals surface area contributed by atoms with Crippen molar-refractivity contribution >= 4 is 43.0 Å². The first-order valence-corrected chi connectivity index (χ1v) is 11.8. The van der Waals surface area contributed by atoms with Crippen LogP contribution >= 0.6 is 15.9 Å². The van der Waals surface area contributed by atoms with Gasteiger partial charge in [-0.15, -0.1) is 0 Å². The number of rotatable bonds is 6. The number of nitriles is 1. The van der Waals surface area contributed by atoms with Crippen LogP contribution in [0.3, 0.4) is 0 Å². The Kier molecular flexibility index (Phi) is 6.85. The molecule has 2 aromatic carbocycles. The number of carbonyl (C=O) groups excluding carboxylic acids is 1. The molecule has 9 nitrogen and oxygen atoms in total. The Labute approximate surface area is 196 Å². The second kappa shape index (κ2) is 9.43. The van der Waals surface area contributed by atoms with Gasteiger partial charge in [0.25, 0.3) is 11.6 Å². The minimum absolute atomic E-state index is 0.0318. The molecule has 3 aromatic rings. The summed E-state index contributed by atoms with van der Waals surface area (Å²) in [5.41, 5.74) is 0.0643. The Hall–Kier alpha value is -3.69. The zero-order valence-corrected chi connectivity index (χ0v) is 19.3. The van der Waals surface area contributed by atoms with E-state index in [9.17, 15) is 27.7 Å². The molecule has 0 aliphatic carbocycles. The number of nitro groups is 1. The number of nitro benzene ring substituents is 1. The lowest BCUT2D eigenvalue weighted by Gasteiger charge is -2.25. The topological polar surface area (TPSA) is 134 Å². The van der Waals surface area contributed by atoms with Gasteiger partial charge in [-0.2, -0.15) is 5.26 Å². The lowest BCUT2D eigenvalue weighted by molar-refractivity contribution is -0.385. The Morgan fingerprint density at radius 2 is 1.97 bits per heavy atom. The molecule has 1 heterocycles. The number of hydrogen-bond donors (Lipinski definition) is 0. The summed E-state index contributed by atoms with van der Waals surface area (Å²) in [6.45, 7) is -0.263. The van der Waals surface area contributed by atoms with Gasteiger partial charge < -0.3 is 4.90 Å². The number of sulfone groups is 1. The van der Waals surface area contributed by atoms with Crippen LogP contribution in [0, 0.1) is 27.3 Å². The summed E-state index contributed by atoms with van der Waals surface area (Å²) in [6, 6.07) is 11.6. The highest BCUT2D eigenvalue weighted by molar-refractivity contribution is 9.10. The summed E-state index contributed by atoms with van der Waals surface area (Å²) in [7, 11) is -3.96. The maximum absolute atomic E-state index is 13.9. The second-order valence-corrected chi connectivity index (χ2v) is 9.70. The average molecular weight is 533 g/mol. The third-order valence-corrected chi connectivity index (χ3v) is 6.33. The van der Waals surface area contributed by atoms with E-state index in [1.807, 2.05) is 6.07 Å². The number of pyridine rings is 1. The Balaban J connectivity index is 2.17. The van der Waals surface area contributed by atoms with Gasteiger partial charge in [0.2, 0.25) is 0 Å². The zero-order chi connectivity index (χ0) is 24.3. The lowest BCUT2D eigenvalue weighted by Crippen LogP contribution is -2.32. The highest BCUT2D eigenvalue weighted by atomic mass is 79.9. The predicted octanol–water partition coefficient (Wildman–Crippen LogP) is 4.01. The van der Waals surface area contributed by atoms with Crippen molar-refractivity contribution in [2.45, 2.75) is 11.4 Å². The van der Waals surface area contributed by atoms with Crippen molar-refractivity contribution in [3.8, 4) is 6.07 Å². The van der Waals surface area contributed by atoms with E-state index in [1.165, 1.54) is 30.3 Å². The smallest absolute Gasteiger partial charge is 0.283 e. The van der Waals surface area contributed by atoms with Crippen molar-refractivity contribution in [1.82, 2.24) is 4.98 Å². The van der Waals surface area contributed by atoms with Gasteiger partial charge in [0.1, 0.15) is 17.6 Å². The van der Waals surface area contributed by atoms with Gasteiger partial charge >= 0.3 is 0 Å². The summed E-state index contributed by atoms with van der Waals surface area (Å²) in [5, 5.41) is 20.2. The molecule has 0 saturated heterocycles. The quantitative estimate of drug-likeness (QED) is 0.345. The van der Waals surface area contributed by atoms with Crippen molar-refractivity contribution in [2.24, 2.45) is 0 Å². The second-order valence-electron chi connectivity index (χ2n) is 6.86. The number of amides is 1. The fourth-order valence-corrected chi connectivity index (χ4v) is 4.27. The maximum atomic E-state index is 13.9. The molecule has 0 bridgehead atoms. The van der Waals surface area contributed by atoms with Crippen molar-refractivity contribution in [2.75, 3.05) is 11.2 Å². The molecule has 0 radical (unpaired) electrons. The molecule has 0 fully saturated rings. The van der Waals surface area contributed by atoms with Crippen LogP contribution < -0.4 is 4.90 Å². The number of nitrogens with zero attached hydrogens (tertiary/aromatic N) is 4. The van der Waals surface area contributed by atoms with Gasteiger partial charge in [0, 0.05) is 18.5 Å². The number of anilines is 1. The fourth-order valence-electron chi connectivity index (χ4n) is 3.00. The standard InChI is InChI=1S/C21H14BrFN4O5S/c1-33(31,32)20-9-15(23)4-7-18(20)26(21(28)14-3-5-16(10-24)25-11-14)12-13-2-6-17(22)19(8-13)27(29)30/h2-9,11H,12H2,1H3. The average Bonchev–Trinajstić information content (AvgIpc) is 2.77. The maximum Gasteiger partial charge on any atom is 0.283 e. The fraction of sp³-hybridized carbons (Fsp3) is 0.0952. The van der Waals surface area contributed by atoms with E-state index < -0.39 is 31.4 Å². The zero-order valence-electron chi connectivity index (χ0n) is 16.9. The molecule has 0 aliphatic rings. The van der Waals surface area contributed by atoms with Gasteiger partial charge in [-0.1, -0.05) is 6.07 Å². The molecule has 33 heavy (non-hydrogen) atoms. The van der Waals surface area contributed by atoms with Gasteiger partial charge in [-0.3, -0.25) is 14.9 Å². The summed E-state index contributed by atoms with van der Waals surface area (Å²) in [4.78, 5) is 28.6. The van der Waals surface area contributed by atoms with E-state index in [1.54, 1.807) is 0 Å². The molecule has 1 aromatic heterocycles. The molecule has 0 saturated carbocycles. The molecule has 0 spiro atoms. The number of halogens is 2. The third-order valence-electron chi connectivity index (χ3n) is 4.53. The van der Waals surface area contributed by atoms with E-state index >= 15 is 0 Å². The van der Waals surface area contributed by atoms with E-state index in [2.05, 4.69) is 20.9 Å². The monoisotopic (exact) mass is 532 g/mol. The molecule has 1 amide bonds. The largest absolute Gasteiger partial charge is 0.303 e. The minimum Gasteiger partial charge on any atom is -0.303 e. The first kappa shape index (κ1) is 24.0. The highest BCUT2D eigenvalue weighted by Crippen LogP contribution is 2.31. The minimum atomic E-state index is -3.96. The van der Waals surface area contributed by atoms with Gasteiger partial charge in [-0.25, -0.2) is 17.8 Å². The van der Waals surface area contributed by atoms with E-state index in [4.69, 9.17) is 5.26 Å². The number of hydrogen-bond acceptors (Lipinski definition) is 7. The van der Waals surface area contributed by atoms with E-state index in [0.29, 0.717) is 5.56 Å². The van der Waals surface area contributed by atoms with Crippen LogP contribution in [0.2, 0.25) is 0 Å².